The second kappa shape index (κ2) is 6.48. The third-order valence-electron chi connectivity index (χ3n) is 3.26. The lowest BCUT2D eigenvalue weighted by Gasteiger charge is -2.21. The van der Waals surface area contributed by atoms with Gasteiger partial charge in [0.05, 0.1) is 19.3 Å². The van der Waals surface area contributed by atoms with Crippen molar-refractivity contribution >= 4 is 0 Å². The Bertz CT molecular complexity index is 586. The van der Waals surface area contributed by atoms with Crippen LogP contribution in [0.5, 0.6) is 5.75 Å². The highest BCUT2D eigenvalue weighted by Gasteiger charge is 2.17. The Labute approximate surface area is 118 Å². The molecule has 0 saturated carbocycles. The summed E-state index contributed by atoms with van der Waals surface area (Å²) in [6, 6.07) is 6.67. The number of rotatable bonds is 5. The van der Waals surface area contributed by atoms with E-state index in [0.717, 1.165) is 23.2 Å². The number of hydrogen-bond donors (Lipinski definition) is 1. The maximum absolute atomic E-state index is 13.5. The number of halogens is 1. The van der Waals surface area contributed by atoms with Gasteiger partial charge >= 0.3 is 0 Å². The molecule has 0 fully saturated rings. The molecular formula is C16H19FN2O. The molecule has 0 radical (unpaired) electrons. The van der Waals surface area contributed by atoms with Crippen molar-refractivity contribution in [2.75, 3.05) is 13.7 Å². The molecule has 4 heteroatoms. The molecule has 0 aliphatic rings. The van der Waals surface area contributed by atoms with Gasteiger partial charge in [-0.2, -0.15) is 0 Å². The number of nitrogens with one attached hydrogen (secondary N) is 1. The van der Waals surface area contributed by atoms with E-state index in [1.807, 2.05) is 19.9 Å². The molecular weight excluding hydrogens is 255 g/mol. The van der Waals surface area contributed by atoms with Crippen molar-refractivity contribution in [3.63, 3.8) is 0 Å². The molecule has 1 aromatic carbocycles. The summed E-state index contributed by atoms with van der Waals surface area (Å²) in [7, 11) is 1.61. The maximum atomic E-state index is 13.5. The maximum Gasteiger partial charge on any atom is 0.137 e. The molecule has 0 aliphatic heterocycles. The van der Waals surface area contributed by atoms with Crippen LogP contribution < -0.4 is 10.1 Å². The first-order valence-electron chi connectivity index (χ1n) is 6.64. The van der Waals surface area contributed by atoms with Crippen molar-refractivity contribution in [1.82, 2.24) is 10.3 Å². The molecule has 0 amide bonds. The van der Waals surface area contributed by atoms with Crippen molar-refractivity contribution in [1.29, 1.82) is 0 Å². The quantitative estimate of drug-likeness (QED) is 0.909. The van der Waals surface area contributed by atoms with Crippen LogP contribution in [0.3, 0.4) is 0 Å². The topological polar surface area (TPSA) is 34.2 Å². The monoisotopic (exact) mass is 274 g/mol. The molecule has 0 spiro atoms. The molecule has 106 valence electrons. The first-order chi connectivity index (χ1) is 9.65. The first-order valence-corrected chi connectivity index (χ1v) is 6.64. The van der Waals surface area contributed by atoms with Crippen LogP contribution in [-0.2, 0) is 0 Å². The Morgan fingerprint density at radius 3 is 2.80 bits per heavy atom. The van der Waals surface area contributed by atoms with Gasteiger partial charge in [-0.05, 0) is 48.4 Å². The van der Waals surface area contributed by atoms with E-state index in [4.69, 9.17) is 4.74 Å². The molecule has 3 nitrogen and oxygen atoms in total. The number of benzene rings is 1. The van der Waals surface area contributed by atoms with E-state index >= 15 is 0 Å². The second-order valence-corrected chi connectivity index (χ2v) is 4.65. The summed E-state index contributed by atoms with van der Waals surface area (Å²) in [5.74, 6) is 0.462. The van der Waals surface area contributed by atoms with E-state index in [1.165, 1.54) is 6.07 Å². The predicted octanol–water partition coefficient (Wildman–Crippen LogP) is 3.24. The molecule has 1 unspecified atom stereocenters. The van der Waals surface area contributed by atoms with Gasteiger partial charge in [-0.15, -0.1) is 0 Å². The molecule has 1 heterocycles. The third kappa shape index (κ3) is 3.14. The molecule has 0 bridgehead atoms. The molecule has 1 N–H and O–H groups in total. The minimum atomic E-state index is -0.232. The van der Waals surface area contributed by atoms with E-state index in [-0.39, 0.29) is 11.9 Å². The number of nitrogens with zero attached hydrogens (tertiary/aromatic N) is 1. The Hall–Kier alpha value is -1.94. The van der Waals surface area contributed by atoms with Gasteiger partial charge in [0.25, 0.3) is 0 Å². The number of methoxy groups -OCH3 is 1. The second-order valence-electron chi connectivity index (χ2n) is 4.65. The van der Waals surface area contributed by atoms with Crippen molar-refractivity contribution in [2.45, 2.75) is 19.9 Å². The highest BCUT2D eigenvalue weighted by atomic mass is 19.1. The fourth-order valence-electron chi connectivity index (χ4n) is 2.24. The third-order valence-corrected chi connectivity index (χ3v) is 3.26. The van der Waals surface area contributed by atoms with Crippen molar-refractivity contribution < 1.29 is 9.13 Å². The zero-order chi connectivity index (χ0) is 14.5. The van der Waals surface area contributed by atoms with E-state index in [0.29, 0.717) is 5.75 Å². The number of ether oxygens (including phenoxy) is 1. The van der Waals surface area contributed by atoms with Gasteiger partial charge in [-0.25, -0.2) is 4.39 Å². The summed E-state index contributed by atoms with van der Waals surface area (Å²) in [4.78, 5) is 4.18. The number of hydrogen-bond acceptors (Lipinski definition) is 3. The normalized spacial score (nSPS) is 12.2. The van der Waals surface area contributed by atoms with Crippen molar-refractivity contribution in [3.8, 4) is 5.75 Å². The van der Waals surface area contributed by atoms with Crippen LogP contribution in [0.4, 0.5) is 4.39 Å². The van der Waals surface area contributed by atoms with E-state index in [1.54, 1.807) is 31.6 Å². The molecule has 1 atom stereocenters. The summed E-state index contributed by atoms with van der Waals surface area (Å²) in [6.45, 7) is 4.78. The lowest BCUT2D eigenvalue weighted by atomic mass is 9.95. The zero-order valence-corrected chi connectivity index (χ0v) is 12.0. The Balaban J connectivity index is 2.46. The van der Waals surface area contributed by atoms with Crippen molar-refractivity contribution in [3.05, 3.63) is 59.2 Å². The SMILES string of the molecule is CCNC(c1cncc(OC)c1)c1cc(F)ccc1C. The van der Waals surface area contributed by atoms with Crippen LogP contribution in [0.2, 0.25) is 0 Å². The van der Waals surface area contributed by atoms with E-state index in [9.17, 15) is 4.39 Å². The highest BCUT2D eigenvalue weighted by Crippen LogP contribution is 2.27. The van der Waals surface area contributed by atoms with Crippen LogP contribution in [-0.4, -0.2) is 18.6 Å². The largest absolute Gasteiger partial charge is 0.495 e. The number of aromatic nitrogens is 1. The van der Waals surface area contributed by atoms with Gasteiger partial charge < -0.3 is 10.1 Å². The lowest BCUT2D eigenvalue weighted by molar-refractivity contribution is 0.411. The summed E-state index contributed by atoms with van der Waals surface area (Å²) in [6.07, 6.45) is 3.44. The summed E-state index contributed by atoms with van der Waals surface area (Å²) in [5, 5.41) is 3.37. The minimum absolute atomic E-state index is 0.0988. The van der Waals surface area contributed by atoms with Crippen LogP contribution in [0.15, 0.2) is 36.7 Å². The Morgan fingerprint density at radius 2 is 2.10 bits per heavy atom. The molecule has 2 rings (SSSR count). The van der Waals surface area contributed by atoms with Gasteiger partial charge in [0.15, 0.2) is 0 Å². The molecule has 0 aliphatic carbocycles. The van der Waals surface area contributed by atoms with Crippen LogP contribution in [0, 0.1) is 12.7 Å². The smallest absolute Gasteiger partial charge is 0.137 e. The Morgan fingerprint density at radius 1 is 1.30 bits per heavy atom. The molecule has 0 saturated heterocycles. The standard InChI is InChI=1S/C16H19FN2O/c1-4-19-16(12-7-14(20-3)10-18-9-12)15-8-13(17)6-5-11(15)2/h5-10,16,19H,4H2,1-3H3. The Kier molecular flexibility index (Phi) is 4.69. The lowest BCUT2D eigenvalue weighted by Crippen LogP contribution is -2.23. The van der Waals surface area contributed by atoms with Crippen LogP contribution in [0.25, 0.3) is 0 Å². The zero-order valence-electron chi connectivity index (χ0n) is 12.0. The van der Waals surface area contributed by atoms with Gasteiger partial charge in [0.1, 0.15) is 11.6 Å². The summed E-state index contributed by atoms with van der Waals surface area (Å²) >= 11 is 0. The summed E-state index contributed by atoms with van der Waals surface area (Å²) in [5.41, 5.74) is 2.92. The average molecular weight is 274 g/mol. The highest BCUT2D eigenvalue weighted by molar-refractivity contribution is 5.38. The molecule has 1 aromatic heterocycles. The van der Waals surface area contributed by atoms with Crippen LogP contribution >= 0.6 is 0 Å². The van der Waals surface area contributed by atoms with Gasteiger partial charge in [-0.3, -0.25) is 4.98 Å². The van der Waals surface area contributed by atoms with Crippen molar-refractivity contribution in [2.24, 2.45) is 0 Å². The van der Waals surface area contributed by atoms with Gasteiger partial charge in [-0.1, -0.05) is 13.0 Å². The fourth-order valence-corrected chi connectivity index (χ4v) is 2.24. The summed E-state index contributed by atoms with van der Waals surface area (Å²) < 4.78 is 18.7. The number of aryl methyl sites for hydroxylation is 1. The first kappa shape index (κ1) is 14.5. The van der Waals surface area contributed by atoms with E-state index in [2.05, 4.69) is 10.3 Å². The van der Waals surface area contributed by atoms with E-state index < -0.39 is 0 Å². The van der Waals surface area contributed by atoms with Gasteiger partial charge in [0, 0.05) is 6.20 Å². The fraction of sp³-hybridized carbons (Fsp3) is 0.312. The minimum Gasteiger partial charge on any atom is -0.495 e. The average Bonchev–Trinajstić information content (AvgIpc) is 2.47. The number of pyridine rings is 1. The predicted molar refractivity (Wildman–Crippen MR) is 77.4 cm³/mol. The van der Waals surface area contributed by atoms with Gasteiger partial charge in [0.2, 0.25) is 0 Å². The molecule has 2 aromatic rings. The molecule has 20 heavy (non-hydrogen) atoms. The van der Waals surface area contributed by atoms with Crippen LogP contribution in [0.1, 0.15) is 29.7 Å².